The number of hydrogen-bond acceptors (Lipinski definition) is 1. The van der Waals surface area contributed by atoms with Crippen LogP contribution >= 0.6 is 0 Å². The minimum atomic E-state index is -0.661. The Labute approximate surface area is 76.3 Å². The van der Waals surface area contributed by atoms with Gasteiger partial charge < -0.3 is 0 Å². The Balaban J connectivity index is 2.68. The maximum atomic E-state index is 11.1. The lowest BCUT2D eigenvalue weighted by molar-refractivity contribution is 0.681. The van der Waals surface area contributed by atoms with E-state index in [1.165, 1.54) is 5.57 Å². The summed E-state index contributed by atoms with van der Waals surface area (Å²) in [6.45, 7) is 5.89. The van der Waals surface area contributed by atoms with Crippen LogP contribution < -0.4 is 0 Å². The first-order valence-corrected chi connectivity index (χ1v) is 5.58. The SMILES string of the molecule is C=C1CS(=O)CC/C1=C/C=C\C. The van der Waals surface area contributed by atoms with E-state index in [4.69, 9.17) is 0 Å². The van der Waals surface area contributed by atoms with Crippen LogP contribution in [0.2, 0.25) is 0 Å². The molecule has 0 aromatic heterocycles. The largest absolute Gasteiger partial charge is 0.259 e. The molecule has 1 aliphatic heterocycles. The first-order valence-electron chi connectivity index (χ1n) is 4.09. The van der Waals surface area contributed by atoms with Gasteiger partial charge in [-0.15, -0.1) is 0 Å². The van der Waals surface area contributed by atoms with E-state index < -0.39 is 10.8 Å². The maximum Gasteiger partial charge on any atom is 0.0482 e. The first-order chi connectivity index (χ1) is 5.74. The summed E-state index contributed by atoms with van der Waals surface area (Å²) in [4.78, 5) is 0. The van der Waals surface area contributed by atoms with Crippen molar-refractivity contribution in [3.8, 4) is 0 Å². The van der Waals surface area contributed by atoms with E-state index in [-0.39, 0.29) is 0 Å². The van der Waals surface area contributed by atoms with Gasteiger partial charge in [0.25, 0.3) is 0 Å². The molecular formula is C10H14OS. The summed E-state index contributed by atoms with van der Waals surface area (Å²) >= 11 is 0. The zero-order valence-corrected chi connectivity index (χ0v) is 8.19. The summed E-state index contributed by atoms with van der Waals surface area (Å²) < 4.78 is 11.1. The van der Waals surface area contributed by atoms with Crippen molar-refractivity contribution >= 4 is 10.8 Å². The Bertz CT molecular complexity index is 261. The molecule has 66 valence electrons. The molecule has 0 aromatic rings. The van der Waals surface area contributed by atoms with Crippen molar-refractivity contribution in [2.45, 2.75) is 13.3 Å². The number of hydrogen-bond donors (Lipinski definition) is 0. The van der Waals surface area contributed by atoms with E-state index in [9.17, 15) is 4.21 Å². The molecule has 2 heteroatoms. The summed E-state index contributed by atoms with van der Waals surface area (Å²) in [6, 6.07) is 0. The second-order valence-electron chi connectivity index (χ2n) is 2.86. The highest BCUT2D eigenvalue weighted by Gasteiger charge is 2.13. The molecule has 0 spiro atoms. The zero-order chi connectivity index (χ0) is 8.97. The molecule has 0 N–H and O–H groups in total. The van der Waals surface area contributed by atoms with Gasteiger partial charge in [0, 0.05) is 22.3 Å². The minimum absolute atomic E-state index is 0.656. The maximum absolute atomic E-state index is 11.1. The lowest BCUT2D eigenvalue weighted by Crippen LogP contribution is -2.13. The Kier molecular flexibility index (Phi) is 3.48. The molecule has 1 aliphatic rings. The lowest BCUT2D eigenvalue weighted by Gasteiger charge is -2.15. The molecule has 1 atom stereocenters. The van der Waals surface area contributed by atoms with Crippen LogP contribution in [-0.4, -0.2) is 15.7 Å². The van der Waals surface area contributed by atoms with Crippen molar-refractivity contribution in [3.05, 3.63) is 36.0 Å². The highest BCUT2D eigenvalue weighted by Crippen LogP contribution is 2.19. The van der Waals surface area contributed by atoms with Gasteiger partial charge in [0.2, 0.25) is 0 Å². The lowest BCUT2D eigenvalue weighted by atomic mass is 10.1. The van der Waals surface area contributed by atoms with Gasteiger partial charge in [-0.2, -0.15) is 0 Å². The van der Waals surface area contributed by atoms with Gasteiger partial charge in [0.1, 0.15) is 0 Å². The van der Waals surface area contributed by atoms with Gasteiger partial charge in [0.15, 0.2) is 0 Å². The topological polar surface area (TPSA) is 17.1 Å². The smallest absolute Gasteiger partial charge is 0.0482 e. The first kappa shape index (κ1) is 9.46. The van der Waals surface area contributed by atoms with Gasteiger partial charge in [0.05, 0.1) is 0 Å². The molecule has 0 bridgehead atoms. The molecule has 0 aliphatic carbocycles. The molecule has 0 radical (unpaired) electrons. The zero-order valence-electron chi connectivity index (χ0n) is 7.38. The van der Waals surface area contributed by atoms with E-state index in [0.717, 1.165) is 17.7 Å². The van der Waals surface area contributed by atoms with E-state index >= 15 is 0 Å². The highest BCUT2D eigenvalue weighted by molar-refractivity contribution is 7.85. The van der Waals surface area contributed by atoms with Gasteiger partial charge in [-0.25, -0.2) is 0 Å². The van der Waals surface area contributed by atoms with Gasteiger partial charge in [-0.3, -0.25) is 4.21 Å². The summed E-state index contributed by atoms with van der Waals surface area (Å²) in [6.07, 6.45) is 6.98. The molecule has 1 unspecified atom stereocenters. The third-order valence-electron chi connectivity index (χ3n) is 1.88. The van der Waals surface area contributed by atoms with Crippen molar-refractivity contribution in [1.82, 2.24) is 0 Å². The summed E-state index contributed by atoms with van der Waals surface area (Å²) in [7, 11) is -0.661. The van der Waals surface area contributed by atoms with Crippen molar-refractivity contribution in [2.75, 3.05) is 11.5 Å². The Hall–Kier alpha value is -0.630. The molecule has 1 rings (SSSR count). The fourth-order valence-electron chi connectivity index (χ4n) is 1.17. The Morgan fingerprint density at radius 2 is 2.33 bits per heavy atom. The number of rotatable bonds is 1. The summed E-state index contributed by atoms with van der Waals surface area (Å²) in [5, 5.41) is 0. The monoisotopic (exact) mass is 182 g/mol. The summed E-state index contributed by atoms with van der Waals surface area (Å²) in [5.41, 5.74) is 2.30. The Morgan fingerprint density at radius 1 is 1.58 bits per heavy atom. The van der Waals surface area contributed by atoms with Crippen LogP contribution in [0.4, 0.5) is 0 Å². The van der Waals surface area contributed by atoms with Crippen LogP contribution in [0, 0.1) is 0 Å². The van der Waals surface area contributed by atoms with Crippen LogP contribution in [0.1, 0.15) is 13.3 Å². The fraction of sp³-hybridized carbons (Fsp3) is 0.400. The number of allylic oxidation sites excluding steroid dienone is 4. The van der Waals surface area contributed by atoms with E-state index in [1.54, 1.807) is 0 Å². The van der Waals surface area contributed by atoms with Crippen molar-refractivity contribution < 1.29 is 4.21 Å². The molecule has 12 heavy (non-hydrogen) atoms. The molecule has 1 heterocycles. The van der Waals surface area contributed by atoms with Crippen molar-refractivity contribution in [3.63, 3.8) is 0 Å². The van der Waals surface area contributed by atoms with Crippen molar-refractivity contribution in [2.24, 2.45) is 0 Å². The fourth-order valence-corrected chi connectivity index (χ4v) is 2.34. The van der Waals surface area contributed by atoms with Crippen LogP contribution in [0.3, 0.4) is 0 Å². The molecule has 0 amide bonds. The quantitative estimate of drug-likeness (QED) is 0.607. The van der Waals surface area contributed by atoms with E-state index in [1.807, 2.05) is 19.1 Å². The van der Waals surface area contributed by atoms with E-state index in [2.05, 4.69) is 12.7 Å². The third kappa shape index (κ3) is 2.45. The molecular weight excluding hydrogens is 168 g/mol. The predicted octanol–water partition coefficient (Wildman–Crippen LogP) is 2.20. The van der Waals surface area contributed by atoms with Gasteiger partial charge in [-0.05, 0) is 24.5 Å². The second kappa shape index (κ2) is 4.41. The second-order valence-corrected chi connectivity index (χ2v) is 4.44. The average Bonchev–Trinajstić information content (AvgIpc) is 2.03. The van der Waals surface area contributed by atoms with Gasteiger partial charge in [-0.1, -0.05) is 24.8 Å². The Morgan fingerprint density at radius 3 is 2.92 bits per heavy atom. The molecule has 1 nitrogen and oxygen atoms in total. The molecule has 1 saturated heterocycles. The minimum Gasteiger partial charge on any atom is -0.259 e. The van der Waals surface area contributed by atoms with Crippen molar-refractivity contribution in [1.29, 1.82) is 0 Å². The van der Waals surface area contributed by atoms with Crippen LogP contribution in [-0.2, 0) is 10.8 Å². The molecule has 0 saturated carbocycles. The van der Waals surface area contributed by atoms with E-state index in [0.29, 0.717) is 5.75 Å². The molecule has 1 fully saturated rings. The average molecular weight is 182 g/mol. The van der Waals surface area contributed by atoms with Crippen LogP contribution in [0.15, 0.2) is 36.0 Å². The third-order valence-corrected chi connectivity index (χ3v) is 3.21. The molecule has 0 aromatic carbocycles. The highest BCUT2D eigenvalue weighted by atomic mass is 32.2. The predicted molar refractivity (Wildman–Crippen MR) is 54.5 cm³/mol. The summed E-state index contributed by atoms with van der Waals surface area (Å²) in [5.74, 6) is 1.45. The standard InChI is InChI=1S/C10H14OS/c1-3-4-5-10-6-7-12(11)8-9(10)2/h3-5H,2,6-8H2,1H3/b4-3-,10-5-. The van der Waals surface area contributed by atoms with Gasteiger partial charge >= 0.3 is 0 Å². The normalized spacial score (nSPS) is 28.6. The van der Waals surface area contributed by atoms with Crippen LogP contribution in [0.25, 0.3) is 0 Å². The van der Waals surface area contributed by atoms with Crippen LogP contribution in [0.5, 0.6) is 0 Å².